The van der Waals surface area contributed by atoms with Crippen LogP contribution >= 0.6 is 23.2 Å². The molecule has 24 heavy (non-hydrogen) atoms. The van der Waals surface area contributed by atoms with Crippen molar-refractivity contribution in [2.45, 2.75) is 25.5 Å². The van der Waals surface area contributed by atoms with Gasteiger partial charge in [0.25, 0.3) is 0 Å². The molecule has 0 saturated carbocycles. The van der Waals surface area contributed by atoms with Gasteiger partial charge in [0, 0.05) is 37.0 Å². The molecule has 2 aromatic rings. The summed E-state index contributed by atoms with van der Waals surface area (Å²) in [6, 6.07) is 5.69. The number of rotatable bonds is 4. The Balaban J connectivity index is 1.84. The van der Waals surface area contributed by atoms with Crippen LogP contribution in [0.5, 0.6) is 5.88 Å². The Kier molecular flexibility index (Phi) is 5.56. The lowest BCUT2D eigenvalue weighted by molar-refractivity contribution is 0.0788. The third-order valence-electron chi connectivity index (χ3n) is 4.21. The molecule has 0 unspecified atom stereocenters. The fourth-order valence-corrected chi connectivity index (χ4v) is 3.22. The van der Waals surface area contributed by atoms with Gasteiger partial charge in [-0.15, -0.1) is 0 Å². The molecule has 0 aliphatic carbocycles. The van der Waals surface area contributed by atoms with Crippen LogP contribution in [0.1, 0.15) is 18.4 Å². The van der Waals surface area contributed by atoms with Gasteiger partial charge in [0.2, 0.25) is 5.88 Å². The van der Waals surface area contributed by atoms with E-state index in [-0.39, 0.29) is 11.3 Å². The van der Waals surface area contributed by atoms with E-state index in [0.717, 1.165) is 43.6 Å². The summed E-state index contributed by atoms with van der Waals surface area (Å²) in [5.41, 5.74) is 2.43. The maximum atomic E-state index is 9.61. The van der Waals surface area contributed by atoms with E-state index in [1.165, 1.54) is 0 Å². The van der Waals surface area contributed by atoms with Crippen molar-refractivity contribution in [1.29, 1.82) is 0 Å². The van der Waals surface area contributed by atoms with Crippen LogP contribution in [-0.4, -0.2) is 46.3 Å². The van der Waals surface area contributed by atoms with Crippen molar-refractivity contribution in [3.63, 3.8) is 0 Å². The first kappa shape index (κ1) is 17.4. The summed E-state index contributed by atoms with van der Waals surface area (Å²) in [5, 5.41) is 10.2. The molecule has 2 aromatic heterocycles. The first-order chi connectivity index (χ1) is 11.6. The Hall–Kier alpha value is -1.40. The minimum Gasteiger partial charge on any atom is -0.481 e. The number of ether oxygens (including phenoxy) is 1. The molecule has 7 heteroatoms. The second kappa shape index (κ2) is 7.66. The minimum atomic E-state index is -0.178. The highest BCUT2D eigenvalue weighted by Crippen LogP contribution is 2.32. The summed E-state index contributed by atoms with van der Waals surface area (Å²) in [6.45, 7) is 2.49. The van der Waals surface area contributed by atoms with Crippen LogP contribution in [0, 0.1) is 0 Å². The van der Waals surface area contributed by atoms with Gasteiger partial charge in [-0.2, -0.15) is 0 Å². The number of aliphatic hydroxyl groups is 1. The van der Waals surface area contributed by atoms with Crippen molar-refractivity contribution in [2.75, 3.05) is 20.2 Å². The van der Waals surface area contributed by atoms with E-state index >= 15 is 0 Å². The topological polar surface area (TPSA) is 58.5 Å². The summed E-state index contributed by atoms with van der Waals surface area (Å²) in [7, 11) is 1.61. The summed E-state index contributed by atoms with van der Waals surface area (Å²) in [4.78, 5) is 10.8. The number of likely N-dealkylation sites (tertiary alicyclic amines) is 1. The Morgan fingerprint density at radius 2 is 2.00 bits per heavy atom. The molecule has 1 fully saturated rings. The van der Waals surface area contributed by atoms with E-state index in [4.69, 9.17) is 27.9 Å². The van der Waals surface area contributed by atoms with Crippen molar-refractivity contribution < 1.29 is 9.84 Å². The zero-order valence-corrected chi connectivity index (χ0v) is 14.9. The van der Waals surface area contributed by atoms with E-state index in [0.29, 0.717) is 16.6 Å². The van der Waals surface area contributed by atoms with Crippen LogP contribution in [0.3, 0.4) is 0 Å². The summed E-state index contributed by atoms with van der Waals surface area (Å²) < 4.78 is 5.46. The van der Waals surface area contributed by atoms with Gasteiger partial charge < -0.3 is 9.84 Å². The third kappa shape index (κ3) is 3.81. The molecule has 1 aliphatic heterocycles. The molecule has 0 bridgehead atoms. The van der Waals surface area contributed by atoms with Crippen molar-refractivity contribution in [3.05, 3.63) is 40.1 Å². The molecule has 3 rings (SSSR count). The molecule has 0 spiro atoms. The fraction of sp³-hybridized carbons (Fsp3) is 0.412. The molecular formula is C17H19Cl2N3O2. The quantitative estimate of drug-likeness (QED) is 0.839. The predicted molar refractivity (Wildman–Crippen MR) is 94.6 cm³/mol. The number of methoxy groups -OCH3 is 1. The second-order valence-electron chi connectivity index (χ2n) is 5.84. The van der Waals surface area contributed by atoms with Crippen molar-refractivity contribution in [2.24, 2.45) is 0 Å². The van der Waals surface area contributed by atoms with Crippen LogP contribution < -0.4 is 4.74 Å². The van der Waals surface area contributed by atoms with Gasteiger partial charge in [-0.25, -0.2) is 9.97 Å². The summed E-state index contributed by atoms with van der Waals surface area (Å²) in [5.74, 6) is 0.572. The van der Waals surface area contributed by atoms with Crippen LogP contribution in [-0.2, 0) is 6.54 Å². The van der Waals surface area contributed by atoms with E-state index in [2.05, 4.69) is 14.9 Å². The summed E-state index contributed by atoms with van der Waals surface area (Å²) >= 11 is 12.2. The van der Waals surface area contributed by atoms with E-state index in [1.807, 2.05) is 12.1 Å². The Labute approximate surface area is 151 Å². The van der Waals surface area contributed by atoms with E-state index < -0.39 is 0 Å². The summed E-state index contributed by atoms with van der Waals surface area (Å²) in [6.07, 6.45) is 3.03. The molecule has 0 amide bonds. The lowest BCUT2D eigenvalue weighted by Gasteiger charge is -2.29. The largest absolute Gasteiger partial charge is 0.481 e. The number of halogens is 2. The standard InChI is InChI=1S/C17H19Cl2N3O2/c1-24-17-11(10-22-8-5-12(23)6-9-22)2-3-14(21-17)13-4-7-20-16(19)15(13)18/h2-4,7,12,23H,5-6,8-10H2,1H3. The van der Waals surface area contributed by atoms with Gasteiger partial charge in [-0.05, 0) is 25.0 Å². The van der Waals surface area contributed by atoms with Gasteiger partial charge in [0.15, 0.2) is 0 Å². The minimum absolute atomic E-state index is 0.178. The van der Waals surface area contributed by atoms with E-state index in [1.54, 1.807) is 19.4 Å². The van der Waals surface area contributed by atoms with Gasteiger partial charge in [-0.3, -0.25) is 4.90 Å². The van der Waals surface area contributed by atoms with Crippen LogP contribution in [0.4, 0.5) is 0 Å². The maximum Gasteiger partial charge on any atom is 0.218 e. The predicted octanol–water partition coefficient (Wildman–Crippen LogP) is 3.42. The lowest BCUT2D eigenvalue weighted by atomic mass is 10.1. The number of nitrogens with zero attached hydrogens (tertiary/aromatic N) is 3. The highest BCUT2D eigenvalue weighted by molar-refractivity contribution is 6.42. The molecule has 1 aliphatic rings. The molecule has 128 valence electrons. The number of hydrogen-bond acceptors (Lipinski definition) is 5. The zero-order valence-electron chi connectivity index (χ0n) is 13.4. The zero-order chi connectivity index (χ0) is 17.1. The van der Waals surface area contributed by atoms with Gasteiger partial charge in [0.1, 0.15) is 5.15 Å². The molecule has 5 nitrogen and oxygen atoms in total. The van der Waals surface area contributed by atoms with Crippen LogP contribution in [0.25, 0.3) is 11.3 Å². The maximum absolute atomic E-state index is 9.61. The Morgan fingerprint density at radius 1 is 1.25 bits per heavy atom. The average Bonchev–Trinajstić information content (AvgIpc) is 2.60. The molecule has 3 heterocycles. The van der Waals surface area contributed by atoms with Crippen molar-refractivity contribution >= 4 is 23.2 Å². The molecule has 1 saturated heterocycles. The first-order valence-electron chi connectivity index (χ1n) is 7.83. The molecule has 0 aromatic carbocycles. The number of aromatic nitrogens is 2. The Morgan fingerprint density at radius 3 is 2.71 bits per heavy atom. The molecule has 1 N–H and O–H groups in total. The van der Waals surface area contributed by atoms with Crippen molar-refractivity contribution in [1.82, 2.24) is 14.9 Å². The first-order valence-corrected chi connectivity index (χ1v) is 8.58. The van der Waals surface area contributed by atoms with E-state index in [9.17, 15) is 5.11 Å². The number of piperidine rings is 1. The SMILES string of the molecule is COc1nc(-c2ccnc(Cl)c2Cl)ccc1CN1CCC(O)CC1. The van der Waals surface area contributed by atoms with Gasteiger partial charge >= 0.3 is 0 Å². The fourth-order valence-electron chi connectivity index (χ4n) is 2.85. The smallest absolute Gasteiger partial charge is 0.218 e. The average molecular weight is 368 g/mol. The van der Waals surface area contributed by atoms with Crippen LogP contribution in [0.15, 0.2) is 24.4 Å². The highest BCUT2D eigenvalue weighted by atomic mass is 35.5. The van der Waals surface area contributed by atoms with Crippen LogP contribution in [0.2, 0.25) is 10.2 Å². The molecular weight excluding hydrogens is 349 g/mol. The highest BCUT2D eigenvalue weighted by Gasteiger charge is 2.19. The second-order valence-corrected chi connectivity index (χ2v) is 6.57. The monoisotopic (exact) mass is 367 g/mol. The van der Waals surface area contributed by atoms with Gasteiger partial charge in [-0.1, -0.05) is 29.3 Å². The van der Waals surface area contributed by atoms with Crippen molar-refractivity contribution in [3.8, 4) is 17.1 Å². The van der Waals surface area contributed by atoms with Gasteiger partial charge in [0.05, 0.1) is 23.9 Å². The third-order valence-corrected chi connectivity index (χ3v) is 4.97. The lowest BCUT2D eigenvalue weighted by Crippen LogP contribution is -2.35. The Bertz CT molecular complexity index is 719. The number of hydrogen-bond donors (Lipinski definition) is 1. The number of aliphatic hydroxyl groups excluding tert-OH is 1. The number of pyridine rings is 2. The molecule has 0 atom stereocenters. The molecule has 0 radical (unpaired) electrons. The normalized spacial score (nSPS) is 16.3.